The van der Waals surface area contributed by atoms with Crippen LogP contribution in [0.1, 0.15) is 24.0 Å². The minimum atomic E-state index is -0.655. The summed E-state index contributed by atoms with van der Waals surface area (Å²) in [6.45, 7) is 5.26. The first-order valence-electron chi connectivity index (χ1n) is 7.64. The monoisotopic (exact) mass is 292 g/mol. The molecule has 0 aromatic heterocycles. The van der Waals surface area contributed by atoms with Crippen LogP contribution in [0.15, 0.2) is 18.2 Å². The largest absolute Gasteiger partial charge is 0.387 e. The molecule has 0 atom stereocenters. The van der Waals surface area contributed by atoms with Crippen molar-refractivity contribution < 1.29 is 9.84 Å². The number of rotatable bonds is 5. The Labute approximate surface area is 128 Å². The molecule has 21 heavy (non-hydrogen) atoms. The number of hydrogen-bond donors (Lipinski definition) is 1. The van der Waals surface area contributed by atoms with Gasteiger partial charge < -0.3 is 19.6 Å². The van der Waals surface area contributed by atoms with Gasteiger partial charge in [0.1, 0.15) is 0 Å². The molecule has 0 spiro atoms. The predicted molar refractivity (Wildman–Crippen MR) is 86.8 cm³/mol. The molecule has 0 amide bonds. The van der Waals surface area contributed by atoms with Crippen LogP contribution in [0.25, 0.3) is 0 Å². The van der Waals surface area contributed by atoms with Gasteiger partial charge in [0.2, 0.25) is 0 Å². The van der Waals surface area contributed by atoms with Gasteiger partial charge in [0, 0.05) is 32.4 Å². The molecule has 1 saturated heterocycles. The fourth-order valence-electron chi connectivity index (χ4n) is 3.07. The predicted octanol–water partition coefficient (Wildman–Crippen LogP) is 2.03. The Kier molecular flexibility index (Phi) is 5.25. The standard InChI is InChI=1S/C17H28N2O2/c1-14-5-6-16(15(11-14)12-18(2)3)19-9-7-17(20,8-10-19)13-21-4/h5-6,11,20H,7-10,12-13H2,1-4H3. The molecule has 1 fully saturated rings. The van der Waals surface area contributed by atoms with Gasteiger partial charge in [-0.05, 0) is 45.5 Å². The smallest absolute Gasteiger partial charge is 0.0913 e. The number of aliphatic hydroxyl groups is 1. The molecule has 0 saturated carbocycles. The molecule has 4 heteroatoms. The van der Waals surface area contributed by atoms with Crippen molar-refractivity contribution in [2.45, 2.75) is 31.9 Å². The van der Waals surface area contributed by atoms with Crippen LogP contribution in [0.5, 0.6) is 0 Å². The molecule has 1 heterocycles. The minimum Gasteiger partial charge on any atom is -0.387 e. The van der Waals surface area contributed by atoms with Crippen molar-refractivity contribution in [3.05, 3.63) is 29.3 Å². The van der Waals surface area contributed by atoms with Gasteiger partial charge in [0.05, 0.1) is 12.2 Å². The van der Waals surface area contributed by atoms with E-state index in [1.54, 1.807) is 7.11 Å². The van der Waals surface area contributed by atoms with Gasteiger partial charge in [0.25, 0.3) is 0 Å². The summed E-state index contributed by atoms with van der Waals surface area (Å²) < 4.78 is 5.14. The Morgan fingerprint density at radius 2 is 1.95 bits per heavy atom. The Morgan fingerprint density at radius 3 is 2.52 bits per heavy atom. The topological polar surface area (TPSA) is 35.9 Å². The van der Waals surface area contributed by atoms with Crippen molar-refractivity contribution in [2.24, 2.45) is 0 Å². The molecule has 1 aliphatic heterocycles. The average molecular weight is 292 g/mol. The summed E-state index contributed by atoms with van der Waals surface area (Å²) in [6, 6.07) is 6.66. The van der Waals surface area contributed by atoms with Gasteiger partial charge in [-0.2, -0.15) is 0 Å². The highest BCUT2D eigenvalue weighted by Crippen LogP contribution is 2.29. The lowest BCUT2D eigenvalue weighted by Crippen LogP contribution is -2.47. The van der Waals surface area contributed by atoms with Crippen molar-refractivity contribution in [3.8, 4) is 0 Å². The van der Waals surface area contributed by atoms with E-state index in [0.29, 0.717) is 6.61 Å². The third-order valence-electron chi connectivity index (χ3n) is 4.17. The van der Waals surface area contributed by atoms with E-state index in [0.717, 1.165) is 32.5 Å². The van der Waals surface area contributed by atoms with Crippen LogP contribution >= 0.6 is 0 Å². The van der Waals surface area contributed by atoms with E-state index in [1.165, 1.54) is 16.8 Å². The number of methoxy groups -OCH3 is 1. The van der Waals surface area contributed by atoms with Crippen LogP contribution in [0, 0.1) is 6.92 Å². The van der Waals surface area contributed by atoms with E-state index in [4.69, 9.17) is 4.74 Å². The van der Waals surface area contributed by atoms with E-state index in [-0.39, 0.29) is 0 Å². The number of ether oxygens (including phenoxy) is 1. The van der Waals surface area contributed by atoms with Crippen LogP contribution in [0.3, 0.4) is 0 Å². The third kappa shape index (κ3) is 4.19. The molecule has 1 N–H and O–H groups in total. The zero-order valence-electron chi connectivity index (χ0n) is 13.7. The summed E-state index contributed by atoms with van der Waals surface area (Å²) in [5, 5.41) is 10.4. The number of benzene rings is 1. The lowest BCUT2D eigenvalue weighted by molar-refractivity contribution is -0.0472. The molecule has 2 rings (SSSR count). The van der Waals surface area contributed by atoms with Crippen molar-refractivity contribution in [2.75, 3.05) is 45.8 Å². The average Bonchev–Trinajstić information content (AvgIpc) is 2.40. The SMILES string of the molecule is COCC1(O)CCN(c2ccc(C)cc2CN(C)C)CC1. The van der Waals surface area contributed by atoms with Gasteiger partial charge >= 0.3 is 0 Å². The second-order valence-corrected chi connectivity index (χ2v) is 6.51. The van der Waals surface area contributed by atoms with Crippen LogP contribution in [0.2, 0.25) is 0 Å². The summed E-state index contributed by atoms with van der Waals surface area (Å²) >= 11 is 0. The zero-order chi connectivity index (χ0) is 15.5. The Hall–Kier alpha value is -1.10. The molecule has 1 aromatic carbocycles. The van der Waals surface area contributed by atoms with Crippen LogP contribution in [-0.4, -0.2) is 56.5 Å². The van der Waals surface area contributed by atoms with Crippen molar-refractivity contribution in [1.82, 2.24) is 4.90 Å². The first-order valence-corrected chi connectivity index (χ1v) is 7.64. The lowest BCUT2D eigenvalue weighted by atomic mass is 9.91. The molecule has 118 valence electrons. The number of aryl methyl sites for hydroxylation is 1. The van der Waals surface area contributed by atoms with E-state index >= 15 is 0 Å². The number of nitrogens with zero attached hydrogens (tertiary/aromatic N) is 2. The van der Waals surface area contributed by atoms with E-state index in [2.05, 4.69) is 49.0 Å². The molecular formula is C17H28N2O2. The van der Waals surface area contributed by atoms with Gasteiger partial charge in [-0.1, -0.05) is 17.7 Å². The van der Waals surface area contributed by atoms with Gasteiger partial charge in [-0.25, -0.2) is 0 Å². The molecule has 4 nitrogen and oxygen atoms in total. The van der Waals surface area contributed by atoms with Gasteiger partial charge in [0.15, 0.2) is 0 Å². The first-order chi connectivity index (χ1) is 9.93. The normalized spacial score (nSPS) is 18.3. The van der Waals surface area contributed by atoms with E-state index in [1.807, 2.05) is 0 Å². The summed E-state index contributed by atoms with van der Waals surface area (Å²) in [7, 11) is 5.85. The fraction of sp³-hybridized carbons (Fsp3) is 0.647. The molecule has 0 unspecified atom stereocenters. The quantitative estimate of drug-likeness (QED) is 0.901. The molecular weight excluding hydrogens is 264 g/mol. The number of piperidine rings is 1. The number of hydrogen-bond acceptors (Lipinski definition) is 4. The summed E-state index contributed by atoms with van der Waals surface area (Å²) in [5.74, 6) is 0. The maximum absolute atomic E-state index is 10.4. The Bertz CT molecular complexity index is 466. The third-order valence-corrected chi connectivity index (χ3v) is 4.17. The summed E-state index contributed by atoms with van der Waals surface area (Å²) in [6.07, 6.45) is 1.52. The first kappa shape index (κ1) is 16.3. The minimum absolute atomic E-state index is 0.430. The van der Waals surface area contributed by atoms with Crippen LogP contribution in [-0.2, 0) is 11.3 Å². The highest BCUT2D eigenvalue weighted by atomic mass is 16.5. The molecule has 1 aromatic rings. The highest BCUT2D eigenvalue weighted by molar-refractivity contribution is 5.55. The maximum atomic E-state index is 10.4. The molecule has 0 radical (unpaired) electrons. The van der Waals surface area contributed by atoms with E-state index in [9.17, 15) is 5.11 Å². The van der Waals surface area contributed by atoms with Gasteiger partial charge in [-0.15, -0.1) is 0 Å². The Balaban J connectivity index is 2.12. The zero-order valence-corrected chi connectivity index (χ0v) is 13.7. The van der Waals surface area contributed by atoms with Crippen molar-refractivity contribution in [1.29, 1.82) is 0 Å². The number of anilines is 1. The molecule has 1 aliphatic rings. The maximum Gasteiger partial charge on any atom is 0.0913 e. The summed E-state index contributed by atoms with van der Waals surface area (Å²) in [4.78, 5) is 4.59. The Morgan fingerprint density at radius 1 is 1.29 bits per heavy atom. The fourth-order valence-corrected chi connectivity index (χ4v) is 3.07. The van der Waals surface area contributed by atoms with E-state index < -0.39 is 5.60 Å². The molecule has 0 bridgehead atoms. The van der Waals surface area contributed by atoms with Crippen LogP contribution in [0.4, 0.5) is 5.69 Å². The highest BCUT2D eigenvalue weighted by Gasteiger charge is 2.32. The second-order valence-electron chi connectivity index (χ2n) is 6.51. The van der Waals surface area contributed by atoms with Gasteiger partial charge in [-0.3, -0.25) is 0 Å². The van der Waals surface area contributed by atoms with Crippen molar-refractivity contribution >= 4 is 5.69 Å². The molecule has 0 aliphatic carbocycles. The van der Waals surface area contributed by atoms with Crippen LogP contribution < -0.4 is 4.90 Å². The van der Waals surface area contributed by atoms with Crippen molar-refractivity contribution in [3.63, 3.8) is 0 Å². The summed E-state index contributed by atoms with van der Waals surface area (Å²) in [5.41, 5.74) is 3.30. The lowest BCUT2D eigenvalue weighted by Gasteiger charge is -2.39. The second kappa shape index (κ2) is 6.77.